The minimum absolute atomic E-state index is 0.866. The van der Waals surface area contributed by atoms with E-state index < -0.39 is 0 Å². The second-order valence-corrected chi connectivity index (χ2v) is 4.04. The van der Waals surface area contributed by atoms with Crippen molar-refractivity contribution in [2.45, 2.75) is 26.3 Å². The zero-order valence-corrected chi connectivity index (χ0v) is 8.30. The Hall–Kier alpha value is -0.0800. The van der Waals surface area contributed by atoms with Gasteiger partial charge in [0.2, 0.25) is 0 Å². The minimum atomic E-state index is 0.866. The van der Waals surface area contributed by atoms with Crippen molar-refractivity contribution in [2.75, 3.05) is 33.9 Å². The van der Waals surface area contributed by atoms with E-state index in [0.717, 1.165) is 6.04 Å². The van der Waals surface area contributed by atoms with Gasteiger partial charge in [-0.3, -0.25) is 4.90 Å². The molecule has 0 aliphatic carbocycles. The molecule has 0 radical (unpaired) electrons. The molecule has 0 amide bonds. The van der Waals surface area contributed by atoms with E-state index in [-0.39, 0.29) is 0 Å². The summed E-state index contributed by atoms with van der Waals surface area (Å²) in [7, 11) is 4.60. The third kappa shape index (κ3) is 1.57. The molecule has 0 N–H and O–H groups in total. The summed E-state index contributed by atoms with van der Waals surface area (Å²) in [6.07, 6.45) is 1.31. The molecule has 1 aliphatic rings. The molecule has 1 saturated heterocycles. The molecule has 1 unspecified atom stereocenters. The Labute approximate surface area is 70.4 Å². The molecule has 0 saturated carbocycles. The lowest BCUT2D eigenvalue weighted by atomic mass is 10.2. The fraction of sp³-hybridized carbons (Fsp3) is 1.00. The highest BCUT2D eigenvalue weighted by Gasteiger charge is 2.37. The van der Waals surface area contributed by atoms with Gasteiger partial charge >= 0.3 is 0 Å². The molecule has 0 aromatic rings. The molecule has 2 atom stereocenters. The van der Waals surface area contributed by atoms with Crippen LogP contribution in [0.3, 0.4) is 0 Å². The van der Waals surface area contributed by atoms with Gasteiger partial charge in [-0.15, -0.1) is 0 Å². The Morgan fingerprint density at radius 2 is 2.09 bits per heavy atom. The van der Waals surface area contributed by atoms with E-state index in [1.165, 1.54) is 30.7 Å². The van der Waals surface area contributed by atoms with Gasteiger partial charge in [-0.1, -0.05) is 6.92 Å². The normalized spacial score (nSPS) is 39.8. The van der Waals surface area contributed by atoms with Gasteiger partial charge in [0.15, 0.2) is 0 Å². The average molecular weight is 157 g/mol. The topological polar surface area (TPSA) is 3.24 Å². The highest BCUT2D eigenvalue weighted by molar-refractivity contribution is 4.67. The maximum atomic E-state index is 2.44. The maximum absolute atomic E-state index is 2.44. The van der Waals surface area contributed by atoms with Crippen molar-refractivity contribution in [3.8, 4) is 0 Å². The number of nitrogens with zero attached hydrogens (tertiary/aromatic N) is 2. The first-order valence-corrected chi connectivity index (χ1v) is 4.65. The fourth-order valence-electron chi connectivity index (χ4n) is 2.21. The third-order valence-electron chi connectivity index (χ3n) is 3.16. The van der Waals surface area contributed by atoms with Crippen molar-refractivity contribution in [3.63, 3.8) is 0 Å². The lowest BCUT2D eigenvalue weighted by Crippen LogP contribution is -2.48. The van der Waals surface area contributed by atoms with Crippen molar-refractivity contribution in [2.24, 2.45) is 0 Å². The second-order valence-electron chi connectivity index (χ2n) is 4.04. The summed E-state index contributed by atoms with van der Waals surface area (Å²) in [4.78, 5) is 2.44. The third-order valence-corrected chi connectivity index (χ3v) is 3.16. The average Bonchev–Trinajstić information content (AvgIpc) is 2.27. The molecule has 0 aromatic heterocycles. The van der Waals surface area contributed by atoms with Crippen LogP contribution in [0.1, 0.15) is 20.3 Å². The predicted octanol–water partition coefficient (Wildman–Crippen LogP) is 1.13. The SMILES string of the molecule is CCC1CN(C)C[N@+]1(C)CC. The first-order valence-electron chi connectivity index (χ1n) is 4.65. The van der Waals surface area contributed by atoms with Crippen LogP contribution in [0.15, 0.2) is 0 Å². The van der Waals surface area contributed by atoms with Gasteiger partial charge in [-0.2, -0.15) is 0 Å². The molecule has 2 heteroatoms. The van der Waals surface area contributed by atoms with Gasteiger partial charge in [-0.25, -0.2) is 0 Å². The van der Waals surface area contributed by atoms with E-state index in [0.29, 0.717) is 0 Å². The van der Waals surface area contributed by atoms with Crippen molar-refractivity contribution in [3.05, 3.63) is 0 Å². The quantitative estimate of drug-likeness (QED) is 0.543. The Balaban J connectivity index is 2.63. The van der Waals surface area contributed by atoms with E-state index in [9.17, 15) is 0 Å². The van der Waals surface area contributed by atoms with E-state index in [2.05, 4.69) is 32.8 Å². The van der Waals surface area contributed by atoms with Crippen LogP contribution in [0, 0.1) is 0 Å². The molecule has 1 fully saturated rings. The van der Waals surface area contributed by atoms with Gasteiger partial charge in [-0.05, 0) is 20.4 Å². The van der Waals surface area contributed by atoms with Crippen LogP contribution in [0.4, 0.5) is 0 Å². The van der Waals surface area contributed by atoms with Gasteiger partial charge < -0.3 is 4.48 Å². The van der Waals surface area contributed by atoms with E-state index in [1.807, 2.05) is 0 Å². The highest BCUT2D eigenvalue weighted by atomic mass is 15.5. The molecular weight excluding hydrogens is 136 g/mol. The number of hydrogen-bond acceptors (Lipinski definition) is 1. The summed E-state index contributed by atoms with van der Waals surface area (Å²) < 4.78 is 1.24. The summed E-state index contributed by atoms with van der Waals surface area (Å²) in [5, 5.41) is 0. The van der Waals surface area contributed by atoms with Crippen LogP contribution < -0.4 is 0 Å². The molecule has 11 heavy (non-hydrogen) atoms. The van der Waals surface area contributed by atoms with Crippen LogP contribution in [0.5, 0.6) is 0 Å². The standard InChI is InChI=1S/C9H21N2/c1-5-9-7-10(3)8-11(9,4)6-2/h9H,5-8H2,1-4H3/q+1/t9?,11-/m0/s1. The lowest BCUT2D eigenvalue weighted by molar-refractivity contribution is -0.922. The van der Waals surface area contributed by atoms with Crippen LogP contribution in [-0.2, 0) is 0 Å². The molecule has 66 valence electrons. The molecule has 1 rings (SSSR count). The summed E-state index contributed by atoms with van der Waals surface area (Å²) in [6, 6.07) is 0.866. The molecule has 0 bridgehead atoms. The highest BCUT2D eigenvalue weighted by Crippen LogP contribution is 2.21. The molecular formula is C9H21N2+. The van der Waals surface area contributed by atoms with Crippen LogP contribution >= 0.6 is 0 Å². The van der Waals surface area contributed by atoms with Gasteiger partial charge in [0.1, 0.15) is 12.7 Å². The van der Waals surface area contributed by atoms with Gasteiger partial charge in [0.25, 0.3) is 0 Å². The van der Waals surface area contributed by atoms with Crippen molar-refractivity contribution in [1.29, 1.82) is 0 Å². The summed E-state index contributed by atoms with van der Waals surface area (Å²) in [5.74, 6) is 0. The number of likely N-dealkylation sites (N-methyl/N-ethyl adjacent to an activating group) is 2. The van der Waals surface area contributed by atoms with E-state index in [1.54, 1.807) is 0 Å². The van der Waals surface area contributed by atoms with Crippen molar-refractivity contribution < 1.29 is 4.48 Å². The molecule has 1 heterocycles. The summed E-state index contributed by atoms with van der Waals surface area (Å²) >= 11 is 0. The van der Waals surface area contributed by atoms with Crippen molar-refractivity contribution >= 4 is 0 Å². The van der Waals surface area contributed by atoms with Gasteiger partial charge in [0, 0.05) is 0 Å². The molecule has 2 nitrogen and oxygen atoms in total. The minimum Gasteiger partial charge on any atom is -0.310 e. The van der Waals surface area contributed by atoms with Crippen LogP contribution in [0.25, 0.3) is 0 Å². The molecule has 0 aromatic carbocycles. The summed E-state index contributed by atoms with van der Waals surface area (Å²) in [5.41, 5.74) is 0. The maximum Gasteiger partial charge on any atom is 0.135 e. The molecule has 0 spiro atoms. The summed E-state index contributed by atoms with van der Waals surface area (Å²) in [6.45, 7) is 8.37. The Kier molecular flexibility index (Phi) is 2.55. The Morgan fingerprint density at radius 1 is 1.45 bits per heavy atom. The second kappa shape index (κ2) is 3.11. The molecule has 1 aliphatic heterocycles. The zero-order chi connectivity index (χ0) is 8.48. The Bertz CT molecular complexity index is 136. The number of hydrogen-bond donors (Lipinski definition) is 0. The number of quaternary nitrogens is 1. The Morgan fingerprint density at radius 3 is 2.45 bits per heavy atom. The number of rotatable bonds is 2. The van der Waals surface area contributed by atoms with Gasteiger partial charge in [0.05, 0.1) is 20.1 Å². The van der Waals surface area contributed by atoms with E-state index in [4.69, 9.17) is 0 Å². The van der Waals surface area contributed by atoms with Crippen molar-refractivity contribution in [1.82, 2.24) is 4.90 Å². The lowest BCUT2D eigenvalue weighted by Gasteiger charge is -2.33. The predicted molar refractivity (Wildman–Crippen MR) is 48.3 cm³/mol. The zero-order valence-electron chi connectivity index (χ0n) is 8.30. The van der Waals surface area contributed by atoms with E-state index >= 15 is 0 Å². The first-order chi connectivity index (χ1) is 5.12. The fourth-order valence-corrected chi connectivity index (χ4v) is 2.21. The van der Waals surface area contributed by atoms with Crippen LogP contribution in [0.2, 0.25) is 0 Å². The smallest absolute Gasteiger partial charge is 0.135 e. The van der Waals surface area contributed by atoms with Crippen LogP contribution in [-0.4, -0.2) is 49.3 Å². The monoisotopic (exact) mass is 157 g/mol. The first kappa shape index (κ1) is 9.01. The largest absolute Gasteiger partial charge is 0.310 e.